The van der Waals surface area contributed by atoms with Gasteiger partial charge in [0, 0.05) is 70.0 Å². The third-order valence-corrected chi connectivity index (χ3v) is 9.49. The van der Waals surface area contributed by atoms with E-state index in [1.807, 2.05) is 43.0 Å². The normalized spacial score (nSPS) is 28.0. The molecule has 2 aromatic rings. The van der Waals surface area contributed by atoms with Gasteiger partial charge in [-0.3, -0.25) is 19.2 Å². The van der Waals surface area contributed by atoms with E-state index < -0.39 is 6.10 Å². The maximum absolute atomic E-state index is 13.4. The Morgan fingerprint density at radius 2 is 1.68 bits per heavy atom. The number of imidazole rings is 1. The molecule has 1 aromatic heterocycles. The third kappa shape index (κ3) is 5.69. The number of carbonyl (C=O) groups is 2. The first-order valence-corrected chi connectivity index (χ1v) is 15.4. The second-order valence-electron chi connectivity index (χ2n) is 12.6. The van der Waals surface area contributed by atoms with Crippen molar-refractivity contribution in [3.05, 3.63) is 34.7 Å². The molecule has 0 aliphatic carbocycles. The predicted molar refractivity (Wildman–Crippen MR) is 155 cm³/mol. The first kappa shape index (κ1) is 28.4. The number of benzene rings is 1. The summed E-state index contributed by atoms with van der Waals surface area (Å²) < 4.78 is 8.51. The summed E-state index contributed by atoms with van der Waals surface area (Å²) in [6.45, 7) is 8.69. The SMILES string of the molecule is CC(C)n1c(=O)n(C(=O)NC2CC3CCC(C2)N3C[C@@H](O)CN2CCN(C(=O)C3CCCO3)CC2)c2ccccc21. The highest BCUT2D eigenvalue weighted by atomic mass is 16.5. The molecule has 2 amide bonds. The Morgan fingerprint density at radius 1 is 1.00 bits per heavy atom. The van der Waals surface area contributed by atoms with E-state index in [4.69, 9.17) is 4.74 Å². The molecular formula is C30H44N6O5. The lowest BCUT2D eigenvalue weighted by molar-refractivity contribution is -0.142. The molecule has 2 N–H and O–H groups in total. The number of rotatable bonds is 7. The monoisotopic (exact) mass is 568 g/mol. The van der Waals surface area contributed by atoms with Gasteiger partial charge in [0.2, 0.25) is 0 Å². The average Bonchev–Trinajstić information content (AvgIpc) is 3.64. The van der Waals surface area contributed by atoms with E-state index in [0.717, 1.165) is 57.1 Å². The van der Waals surface area contributed by atoms with Crippen molar-refractivity contribution >= 4 is 23.0 Å². The molecule has 5 heterocycles. The van der Waals surface area contributed by atoms with Crippen molar-refractivity contribution in [1.29, 1.82) is 0 Å². The number of para-hydroxylation sites is 2. The van der Waals surface area contributed by atoms with Crippen LogP contribution in [0.2, 0.25) is 0 Å². The zero-order valence-electron chi connectivity index (χ0n) is 24.3. The van der Waals surface area contributed by atoms with Crippen LogP contribution in [0.15, 0.2) is 29.1 Å². The number of nitrogens with zero attached hydrogens (tertiary/aromatic N) is 5. The number of carbonyl (C=O) groups excluding carboxylic acids is 2. The minimum absolute atomic E-state index is 0.00378. The molecule has 3 unspecified atom stereocenters. The summed E-state index contributed by atoms with van der Waals surface area (Å²) in [4.78, 5) is 45.8. The van der Waals surface area contributed by atoms with Gasteiger partial charge in [-0.2, -0.15) is 0 Å². The van der Waals surface area contributed by atoms with E-state index in [0.29, 0.717) is 50.4 Å². The molecule has 6 rings (SSSR count). The van der Waals surface area contributed by atoms with Gasteiger partial charge in [-0.25, -0.2) is 14.2 Å². The Hall–Kier alpha value is -2.73. The first-order valence-electron chi connectivity index (χ1n) is 15.4. The molecule has 4 aliphatic heterocycles. The topological polar surface area (TPSA) is 112 Å². The molecule has 0 radical (unpaired) electrons. The van der Waals surface area contributed by atoms with Crippen LogP contribution in [0.5, 0.6) is 0 Å². The zero-order valence-corrected chi connectivity index (χ0v) is 24.3. The van der Waals surface area contributed by atoms with E-state index in [2.05, 4.69) is 15.1 Å². The van der Waals surface area contributed by atoms with E-state index >= 15 is 0 Å². The molecule has 0 saturated carbocycles. The summed E-state index contributed by atoms with van der Waals surface area (Å²) in [5, 5.41) is 14.2. The van der Waals surface area contributed by atoms with Crippen LogP contribution >= 0.6 is 0 Å². The van der Waals surface area contributed by atoms with Crippen LogP contribution in [-0.4, -0.2) is 117 Å². The molecule has 41 heavy (non-hydrogen) atoms. The van der Waals surface area contributed by atoms with Crippen LogP contribution in [0, 0.1) is 0 Å². The van der Waals surface area contributed by atoms with E-state index in [1.54, 1.807) is 4.57 Å². The number of nitrogens with one attached hydrogen (secondary N) is 1. The van der Waals surface area contributed by atoms with Crippen LogP contribution in [0.25, 0.3) is 11.0 Å². The van der Waals surface area contributed by atoms with Gasteiger partial charge in [0.1, 0.15) is 6.10 Å². The Bertz CT molecular complexity index is 1290. The lowest BCUT2D eigenvalue weighted by Gasteiger charge is -2.41. The van der Waals surface area contributed by atoms with Crippen LogP contribution in [-0.2, 0) is 9.53 Å². The van der Waals surface area contributed by atoms with Gasteiger partial charge in [-0.15, -0.1) is 0 Å². The molecule has 4 aliphatic rings. The quantitative estimate of drug-likeness (QED) is 0.522. The van der Waals surface area contributed by atoms with Gasteiger partial charge in [0.25, 0.3) is 5.91 Å². The maximum atomic E-state index is 13.4. The summed E-state index contributed by atoms with van der Waals surface area (Å²) in [7, 11) is 0. The average molecular weight is 569 g/mol. The van der Waals surface area contributed by atoms with Crippen molar-refractivity contribution in [2.75, 3.05) is 45.9 Å². The smallest absolute Gasteiger partial charge is 0.337 e. The molecule has 4 atom stereocenters. The molecular weight excluding hydrogens is 524 g/mol. The second kappa shape index (κ2) is 11.9. The molecule has 11 nitrogen and oxygen atoms in total. The number of piperidine rings is 1. The van der Waals surface area contributed by atoms with Gasteiger partial charge in [0.05, 0.1) is 17.1 Å². The van der Waals surface area contributed by atoms with Crippen molar-refractivity contribution in [1.82, 2.24) is 29.2 Å². The summed E-state index contributed by atoms with van der Waals surface area (Å²) >= 11 is 0. The molecule has 0 spiro atoms. The number of piperazine rings is 1. The number of aliphatic hydroxyl groups excluding tert-OH is 1. The molecule has 2 bridgehead atoms. The van der Waals surface area contributed by atoms with E-state index in [1.165, 1.54) is 4.57 Å². The molecule has 1 aromatic carbocycles. The minimum atomic E-state index is -0.467. The number of aliphatic hydroxyl groups is 1. The minimum Gasteiger partial charge on any atom is -0.390 e. The maximum Gasteiger partial charge on any atom is 0.337 e. The highest BCUT2D eigenvalue weighted by Crippen LogP contribution is 2.36. The molecule has 11 heteroatoms. The van der Waals surface area contributed by atoms with Gasteiger partial charge in [-0.05, 0) is 64.5 Å². The Morgan fingerprint density at radius 3 is 2.32 bits per heavy atom. The number of hydrogen-bond donors (Lipinski definition) is 2. The fourth-order valence-corrected chi connectivity index (χ4v) is 7.52. The summed E-state index contributed by atoms with van der Waals surface area (Å²) in [5.41, 5.74) is 1.09. The molecule has 4 fully saturated rings. The number of amides is 2. The highest BCUT2D eigenvalue weighted by Gasteiger charge is 2.42. The van der Waals surface area contributed by atoms with Crippen LogP contribution in [0.4, 0.5) is 4.79 Å². The number of aromatic nitrogens is 2. The van der Waals surface area contributed by atoms with Crippen molar-refractivity contribution in [3.63, 3.8) is 0 Å². The lowest BCUT2D eigenvalue weighted by atomic mass is 9.97. The third-order valence-electron chi connectivity index (χ3n) is 9.49. The fraction of sp³-hybridized carbons (Fsp3) is 0.700. The first-order chi connectivity index (χ1) is 19.8. The lowest BCUT2D eigenvalue weighted by Crippen LogP contribution is -2.56. The van der Waals surface area contributed by atoms with Gasteiger partial charge < -0.3 is 20.1 Å². The zero-order chi connectivity index (χ0) is 28.7. The number of hydrogen-bond acceptors (Lipinski definition) is 7. The summed E-state index contributed by atoms with van der Waals surface area (Å²) in [5.74, 6) is 0.116. The number of ether oxygens (including phenoxy) is 1. The molecule has 4 saturated heterocycles. The van der Waals surface area contributed by atoms with Crippen molar-refractivity contribution < 1.29 is 19.4 Å². The summed E-state index contributed by atoms with van der Waals surface area (Å²) in [6.07, 6.45) is 4.79. The van der Waals surface area contributed by atoms with Gasteiger partial charge >= 0.3 is 11.7 Å². The fourth-order valence-electron chi connectivity index (χ4n) is 7.52. The summed E-state index contributed by atoms with van der Waals surface area (Å²) in [6, 6.07) is 7.65. The Balaban J connectivity index is 1.01. The van der Waals surface area contributed by atoms with Gasteiger partial charge in [-0.1, -0.05) is 12.1 Å². The Labute approximate surface area is 241 Å². The van der Waals surface area contributed by atoms with Crippen molar-refractivity contribution in [2.45, 2.75) is 88.7 Å². The Kier molecular flexibility index (Phi) is 8.22. The van der Waals surface area contributed by atoms with E-state index in [9.17, 15) is 19.5 Å². The van der Waals surface area contributed by atoms with Crippen LogP contribution in [0.1, 0.15) is 58.4 Å². The number of fused-ring (bicyclic) bond motifs is 3. The van der Waals surface area contributed by atoms with Crippen molar-refractivity contribution in [3.8, 4) is 0 Å². The molecule has 224 valence electrons. The van der Waals surface area contributed by atoms with Crippen LogP contribution in [0.3, 0.4) is 0 Å². The van der Waals surface area contributed by atoms with E-state index in [-0.39, 0.29) is 35.8 Å². The second-order valence-corrected chi connectivity index (χ2v) is 12.6. The highest BCUT2D eigenvalue weighted by molar-refractivity contribution is 5.89. The van der Waals surface area contributed by atoms with Crippen molar-refractivity contribution in [2.24, 2.45) is 0 Å². The standard InChI is InChI=1S/C30H44N6O5/c1-20(2)35-25-6-3-4-7-26(25)36(30(35)40)29(39)31-21-16-22-9-10-23(17-21)34(22)19-24(37)18-32-11-13-33(14-12-32)28(38)27-8-5-15-41-27/h3-4,6-7,20-24,27,37H,5,8-19H2,1-2H3,(H,31,39)/t21?,22?,23?,24-,27?/m0/s1. The largest absolute Gasteiger partial charge is 0.390 e. The predicted octanol–water partition coefficient (Wildman–Crippen LogP) is 1.62. The number of β-amino-alcohol motifs (C(OH)–C–C–N with tert-alkyl or cyclic N) is 1. The van der Waals surface area contributed by atoms with Crippen LogP contribution < -0.4 is 11.0 Å². The van der Waals surface area contributed by atoms with Gasteiger partial charge in [0.15, 0.2) is 0 Å².